The molecule has 0 bridgehead atoms. The Morgan fingerprint density at radius 2 is 2.06 bits per heavy atom. The van der Waals surface area contributed by atoms with Crippen LogP contribution in [0.4, 0.5) is 0 Å². The number of nitrogens with one attached hydrogen (secondary N) is 1. The fraction of sp³-hybridized carbons (Fsp3) is 0.333. The number of carboxylic acid groups (broad SMARTS) is 1. The first kappa shape index (κ1) is 13.8. The summed E-state index contributed by atoms with van der Waals surface area (Å²) in [7, 11) is 1.55. The molecule has 6 nitrogen and oxygen atoms in total. The third-order valence-electron chi connectivity index (χ3n) is 2.08. The molecule has 0 fully saturated rings. The fourth-order valence-electron chi connectivity index (χ4n) is 1.22. The molecule has 1 aromatic rings. The molecule has 0 spiro atoms. The molecule has 98 valence electrons. The number of carbonyl (C=O) groups excluding carboxylic acids is 1. The minimum atomic E-state index is -1.07. The molecule has 1 amide bonds. The fourth-order valence-corrected chi connectivity index (χ4v) is 1.22. The summed E-state index contributed by atoms with van der Waals surface area (Å²) < 4.78 is 10.4. The van der Waals surface area contributed by atoms with Crippen LogP contribution in [0.2, 0.25) is 0 Å². The summed E-state index contributed by atoms with van der Waals surface area (Å²) in [4.78, 5) is 21.4. The van der Waals surface area contributed by atoms with Gasteiger partial charge in [-0.05, 0) is 12.1 Å². The monoisotopic (exact) mass is 253 g/mol. The van der Waals surface area contributed by atoms with Gasteiger partial charge in [0.2, 0.25) is 5.91 Å². The quantitative estimate of drug-likeness (QED) is 0.745. The lowest BCUT2D eigenvalue weighted by Gasteiger charge is -2.07. The van der Waals surface area contributed by atoms with Crippen molar-refractivity contribution in [3.05, 3.63) is 24.3 Å². The maximum absolute atomic E-state index is 11.2. The lowest BCUT2D eigenvalue weighted by atomic mass is 10.3. The molecular weight excluding hydrogens is 238 g/mol. The van der Waals surface area contributed by atoms with E-state index in [-0.39, 0.29) is 25.5 Å². The summed E-state index contributed by atoms with van der Waals surface area (Å²) in [5, 5.41) is 10.6. The highest BCUT2D eigenvalue weighted by Crippen LogP contribution is 2.18. The first-order valence-electron chi connectivity index (χ1n) is 5.37. The van der Waals surface area contributed by atoms with Gasteiger partial charge >= 0.3 is 5.97 Å². The number of hydrogen-bond acceptors (Lipinski definition) is 4. The number of carbonyl (C=O) groups is 2. The SMILES string of the molecule is COc1cccc(OCCC(=O)NCC(=O)O)c1. The predicted octanol–water partition coefficient (Wildman–Crippen LogP) is 0.665. The zero-order chi connectivity index (χ0) is 13.4. The van der Waals surface area contributed by atoms with Crippen molar-refractivity contribution in [1.82, 2.24) is 5.32 Å². The van der Waals surface area contributed by atoms with E-state index in [1.54, 1.807) is 31.4 Å². The first-order valence-corrected chi connectivity index (χ1v) is 5.37. The number of methoxy groups -OCH3 is 1. The number of ether oxygens (including phenoxy) is 2. The molecule has 18 heavy (non-hydrogen) atoms. The number of aliphatic carboxylic acids is 1. The number of carboxylic acids is 1. The number of benzene rings is 1. The zero-order valence-corrected chi connectivity index (χ0v) is 10.0. The molecule has 0 heterocycles. The van der Waals surface area contributed by atoms with Crippen LogP contribution in [0.5, 0.6) is 11.5 Å². The molecule has 0 atom stereocenters. The third kappa shape index (κ3) is 5.20. The van der Waals surface area contributed by atoms with Gasteiger partial charge in [-0.2, -0.15) is 0 Å². The number of rotatable bonds is 7. The molecule has 0 aliphatic carbocycles. The summed E-state index contributed by atoms with van der Waals surface area (Å²) in [6.07, 6.45) is 0.102. The van der Waals surface area contributed by atoms with Gasteiger partial charge < -0.3 is 19.9 Å². The van der Waals surface area contributed by atoms with Crippen LogP contribution in [0, 0.1) is 0 Å². The largest absolute Gasteiger partial charge is 0.497 e. The molecule has 6 heteroatoms. The van der Waals surface area contributed by atoms with E-state index in [0.717, 1.165) is 0 Å². The minimum absolute atomic E-state index is 0.102. The Kier molecular flexibility index (Phi) is 5.50. The molecular formula is C12H15NO5. The first-order chi connectivity index (χ1) is 8.61. The molecule has 0 saturated heterocycles. The molecule has 1 aromatic carbocycles. The van der Waals surface area contributed by atoms with E-state index in [1.165, 1.54) is 0 Å². The van der Waals surface area contributed by atoms with Gasteiger partial charge in [0.15, 0.2) is 0 Å². The summed E-state index contributed by atoms with van der Waals surface area (Å²) in [5.74, 6) is -0.166. The average molecular weight is 253 g/mol. The standard InChI is InChI=1S/C12H15NO5/c1-17-9-3-2-4-10(7-9)18-6-5-11(14)13-8-12(15)16/h2-4,7H,5-6,8H2,1H3,(H,13,14)(H,15,16). The van der Waals surface area contributed by atoms with Crippen molar-refractivity contribution in [2.45, 2.75) is 6.42 Å². The van der Waals surface area contributed by atoms with Crippen LogP contribution in [-0.2, 0) is 9.59 Å². The van der Waals surface area contributed by atoms with E-state index in [1.807, 2.05) is 0 Å². The smallest absolute Gasteiger partial charge is 0.322 e. The van der Waals surface area contributed by atoms with Crippen molar-refractivity contribution < 1.29 is 24.2 Å². The highest BCUT2D eigenvalue weighted by Gasteiger charge is 2.04. The van der Waals surface area contributed by atoms with Crippen LogP contribution in [0.3, 0.4) is 0 Å². The molecule has 0 aliphatic heterocycles. The lowest BCUT2D eigenvalue weighted by Crippen LogP contribution is -2.30. The van der Waals surface area contributed by atoms with E-state index in [2.05, 4.69) is 5.32 Å². The Hall–Kier alpha value is -2.24. The zero-order valence-electron chi connectivity index (χ0n) is 10.0. The van der Waals surface area contributed by atoms with E-state index in [4.69, 9.17) is 14.6 Å². The molecule has 0 unspecified atom stereocenters. The molecule has 0 saturated carbocycles. The van der Waals surface area contributed by atoms with Crippen LogP contribution >= 0.6 is 0 Å². The maximum atomic E-state index is 11.2. The van der Waals surface area contributed by atoms with Crippen molar-refractivity contribution in [3.63, 3.8) is 0 Å². The van der Waals surface area contributed by atoms with Crippen molar-refractivity contribution in [1.29, 1.82) is 0 Å². The average Bonchev–Trinajstić information content (AvgIpc) is 2.36. The van der Waals surface area contributed by atoms with Crippen molar-refractivity contribution >= 4 is 11.9 Å². The second-order valence-corrected chi connectivity index (χ2v) is 3.45. The van der Waals surface area contributed by atoms with Crippen LogP contribution in [0.25, 0.3) is 0 Å². The lowest BCUT2D eigenvalue weighted by molar-refractivity contribution is -0.138. The van der Waals surface area contributed by atoms with Gasteiger partial charge in [-0.3, -0.25) is 9.59 Å². The normalized spacial score (nSPS) is 9.61. The van der Waals surface area contributed by atoms with Crippen LogP contribution < -0.4 is 14.8 Å². The molecule has 0 aliphatic rings. The van der Waals surface area contributed by atoms with Crippen molar-refractivity contribution in [2.24, 2.45) is 0 Å². The van der Waals surface area contributed by atoms with Gasteiger partial charge in [-0.1, -0.05) is 6.07 Å². The van der Waals surface area contributed by atoms with Gasteiger partial charge in [0, 0.05) is 6.07 Å². The van der Waals surface area contributed by atoms with Gasteiger partial charge in [-0.25, -0.2) is 0 Å². The molecule has 1 rings (SSSR count). The Morgan fingerprint density at radius 3 is 2.72 bits per heavy atom. The Morgan fingerprint density at radius 1 is 1.33 bits per heavy atom. The van der Waals surface area contributed by atoms with Gasteiger partial charge in [0.1, 0.15) is 18.0 Å². The Bertz CT molecular complexity index is 419. The predicted molar refractivity (Wildman–Crippen MR) is 63.8 cm³/mol. The summed E-state index contributed by atoms with van der Waals surface area (Å²) in [6.45, 7) is -0.198. The molecule has 2 N–H and O–H groups in total. The van der Waals surface area contributed by atoms with E-state index in [9.17, 15) is 9.59 Å². The van der Waals surface area contributed by atoms with Crippen LogP contribution in [0.1, 0.15) is 6.42 Å². The third-order valence-corrected chi connectivity index (χ3v) is 2.08. The second-order valence-electron chi connectivity index (χ2n) is 3.45. The highest BCUT2D eigenvalue weighted by molar-refractivity contribution is 5.81. The van der Waals surface area contributed by atoms with E-state index >= 15 is 0 Å². The van der Waals surface area contributed by atoms with Crippen molar-refractivity contribution in [2.75, 3.05) is 20.3 Å². The van der Waals surface area contributed by atoms with Gasteiger partial charge in [-0.15, -0.1) is 0 Å². The minimum Gasteiger partial charge on any atom is -0.497 e. The molecule has 0 aromatic heterocycles. The van der Waals surface area contributed by atoms with Crippen LogP contribution in [-0.4, -0.2) is 37.2 Å². The van der Waals surface area contributed by atoms with Gasteiger partial charge in [0.05, 0.1) is 20.1 Å². The molecule has 0 radical (unpaired) electrons. The highest BCUT2D eigenvalue weighted by atomic mass is 16.5. The number of amides is 1. The topological polar surface area (TPSA) is 84.9 Å². The Balaban J connectivity index is 2.28. The number of hydrogen-bond donors (Lipinski definition) is 2. The Labute approximate surface area is 105 Å². The summed E-state index contributed by atoms with van der Waals surface area (Å²) in [5.41, 5.74) is 0. The van der Waals surface area contributed by atoms with Gasteiger partial charge in [0.25, 0.3) is 0 Å². The van der Waals surface area contributed by atoms with E-state index in [0.29, 0.717) is 11.5 Å². The maximum Gasteiger partial charge on any atom is 0.322 e. The summed E-state index contributed by atoms with van der Waals surface area (Å²) >= 11 is 0. The second kappa shape index (κ2) is 7.16. The van der Waals surface area contributed by atoms with E-state index < -0.39 is 5.97 Å². The van der Waals surface area contributed by atoms with Crippen LogP contribution in [0.15, 0.2) is 24.3 Å². The van der Waals surface area contributed by atoms with Crippen molar-refractivity contribution in [3.8, 4) is 11.5 Å². The summed E-state index contributed by atoms with van der Waals surface area (Å²) in [6, 6.07) is 7.01.